The van der Waals surface area contributed by atoms with Gasteiger partial charge in [0.15, 0.2) is 0 Å². The number of H-pyrrole nitrogens is 1. The summed E-state index contributed by atoms with van der Waals surface area (Å²) in [6.45, 7) is 6.98. The molecule has 22 heavy (non-hydrogen) atoms. The van der Waals surface area contributed by atoms with Crippen molar-refractivity contribution in [3.63, 3.8) is 0 Å². The lowest BCUT2D eigenvalue weighted by Gasteiger charge is -2.19. The van der Waals surface area contributed by atoms with Crippen LogP contribution in [0.15, 0.2) is 36.5 Å². The van der Waals surface area contributed by atoms with Gasteiger partial charge in [0.25, 0.3) is 0 Å². The quantitative estimate of drug-likeness (QED) is 0.793. The molecule has 0 atom stereocenters. The zero-order chi connectivity index (χ0) is 16.0. The summed E-state index contributed by atoms with van der Waals surface area (Å²) in [5, 5.41) is 12.8. The van der Waals surface area contributed by atoms with E-state index in [0.717, 1.165) is 24.3 Å². The smallest absolute Gasteiger partial charge is 0.412 e. The van der Waals surface area contributed by atoms with Crippen LogP contribution >= 0.6 is 0 Å². The first-order valence-corrected chi connectivity index (χ1v) is 7.20. The molecular weight excluding hydrogens is 280 g/mol. The van der Waals surface area contributed by atoms with E-state index in [9.17, 15) is 4.79 Å². The topological polar surface area (TPSA) is 79.0 Å². The lowest BCUT2D eigenvalue weighted by atomic mass is 10.2. The Morgan fingerprint density at radius 2 is 1.91 bits per heavy atom. The SMILES string of the molecule is CC(C)(C)OC(=O)Nc1ccc(CNCc2ccn[nH]2)cc1. The van der Waals surface area contributed by atoms with Crippen molar-refractivity contribution in [1.82, 2.24) is 15.5 Å². The summed E-state index contributed by atoms with van der Waals surface area (Å²) in [4.78, 5) is 11.7. The Bertz CT molecular complexity index is 586. The highest BCUT2D eigenvalue weighted by Gasteiger charge is 2.15. The molecule has 0 aliphatic rings. The molecule has 0 saturated carbocycles. The molecule has 2 rings (SSSR count). The second-order valence-corrected chi connectivity index (χ2v) is 6.01. The Kier molecular flexibility index (Phi) is 5.16. The van der Waals surface area contributed by atoms with E-state index in [2.05, 4.69) is 20.8 Å². The first-order chi connectivity index (χ1) is 10.4. The van der Waals surface area contributed by atoms with E-state index in [4.69, 9.17) is 4.74 Å². The van der Waals surface area contributed by atoms with Gasteiger partial charge in [0.1, 0.15) is 5.60 Å². The Balaban J connectivity index is 1.78. The van der Waals surface area contributed by atoms with Crippen molar-refractivity contribution in [3.8, 4) is 0 Å². The number of carbonyl (C=O) groups excluding carboxylic acids is 1. The van der Waals surface area contributed by atoms with Gasteiger partial charge in [-0.15, -0.1) is 0 Å². The summed E-state index contributed by atoms with van der Waals surface area (Å²) in [5.41, 5.74) is 2.39. The third kappa shape index (κ3) is 5.57. The average molecular weight is 302 g/mol. The van der Waals surface area contributed by atoms with E-state index >= 15 is 0 Å². The number of aromatic amines is 1. The van der Waals surface area contributed by atoms with Gasteiger partial charge in [-0.2, -0.15) is 5.10 Å². The highest BCUT2D eigenvalue weighted by Crippen LogP contribution is 2.13. The van der Waals surface area contributed by atoms with E-state index in [1.807, 2.05) is 51.1 Å². The average Bonchev–Trinajstić information content (AvgIpc) is 2.92. The number of nitrogens with one attached hydrogen (secondary N) is 3. The fourth-order valence-corrected chi connectivity index (χ4v) is 1.85. The number of hydrogen-bond donors (Lipinski definition) is 3. The molecule has 0 aliphatic carbocycles. The Hall–Kier alpha value is -2.34. The standard InChI is InChI=1S/C16H22N4O2/c1-16(2,3)22-15(21)19-13-6-4-12(5-7-13)10-17-11-14-8-9-18-20-14/h4-9,17H,10-11H2,1-3H3,(H,18,20)(H,19,21). The van der Waals surface area contributed by atoms with Crippen molar-refractivity contribution in [2.75, 3.05) is 5.32 Å². The maximum absolute atomic E-state index is 11.7. The molecular formula is C16H22N4O2. The Morgan fingerprint density at radius 1 is 1.18 bits per heavy atom. The van der Waals surface area contributed by atoms with Crippen molar-refractivity contribution in [2.24, 2.45) is 0 Å². The van der Waals surface area contributed by atoms with E-state index in [-0.39, 0.29) is 0 Å². The minimum atomic E-state index is -0.499. The number of aromatic nitrogens is 2. The molecule has 6 heteroatoms. The van der Waals surface area contributed by atoms with E-state index in [0.29, 0.717) is 5.69 Å². The van der Waals surface area contributed by atoms with Crippen LogP contribution in [0.5, 0.6) is 0 Å². The van der Waals surface area contributed by atoms with Crippen molar-refractivity contribution in [1.29, 1.82) is 0 Å². The molecule has 1 amide bonds. The summed E-state index contributed by atoms with van der Waals surface area (Å²) in [7, 11) is 0. The highest BCUT2D eigenvalue weighted by atomic mass is 16.6. The zero-order valence-corrected chi connectivity index (χ0v) is 13.1. The first kappa shape index (κ1) is 16.0. The molecule has 0 bridgehead atoms. The van der Waals surface area contributed by atoms with Crippen molar-refractivity contribution in [3.05, 3.63) is 47.8 Å². The third-order valence-electron chi connectivity index (χ3n) is 2.80. The molecule has 118 valence electrons. The van der Waals surface area contributed by atoms with Gasteiger partial charge in [0, 0.05) is 30.7 Å². The maximum Gasteiger partial charge on any atom is 0.412 e. The number of rotatable bonds is 5. The summed E-state index contributed by atoms with van der Waals surface area (Å²) in [5.74, 6) is 0. The zero-order valence-electron chi connectivity index (χ0n) is 13.1. The number of carbonyl (C=O) groups is 1. The van der Waals surface area contributed by atoms with Gasteiger partial charge in [0.05, 0.1) is 0 Å². The van der Waals surface area contributed by atoms with Crippen molar-refractivity contribution >= 4 is 11.8 Å². The molecule has 1 aromatic carbocycles. The van der Waals surface area contributed by atoms with Gasteiger partial charge in [0.2, 0.25) is 0 Å². The number of nitrogens with zero attached hydrogens (tertiary/aromatic N) is 1. The molecule has 1 heterocycles. The van der Waals surface area contributed by atoms with Crippen LogP contribution < -0.4 is 10.6 Å². The molecule has 0 aliphatic heterocycles. The summed E-state index contributed by atoms with van der Waals surface area (Å²) >= 11 is 0. The molecule has 0 spiro atoms. The number of benzene rings is 1. The minimum absolute atomic E-state index is 0.447. The summed E-state index contributed by atoms with van der Waals surface area (Å²) < 4.78 is 5.21. The second-order valence-electron chi connectivity index (χ2n) is 6.01. The Labute approximate surface area is 130 Å². The molecule has 0 radical (unpaired) electrons. The van der Waals surface area contributed by atoms with Crippen LogP contribution in [-0.4, -0.2) is 21.9 Å². The lowest BCUT2D eigenvalue weighted by Crippen LogP contribution is -2.27. The number of amides is 1. The molecule has 2 aromatic rings. The van der Waals surface area contributed by atoms with Crippen molar-refractivity contribution < 1.29 is 9.53 Å². The van der Waals surface area contributed by atoms with E-state index < -0.39 is 11.7 Å². The van der Waals surface area contributed by atoms with Gasteiger partial charge in [-0.05, 0) is 44.5 Å². The molecule has 0 unspecified atom stereocenters. The van der Waals surface area contributed by atoms with Crippen LogP contribution in [0.2, 0.25) is 0 Å². The van der Waals surface area contributed by atoms with E-state index in [1.165, 1.54) is 0 Å². The van der Waals surface area contributed by atoms with Crippen LogP contribution in [0.3, 0.4) is 0 Å². The third-order valence-corrected chi connectivity index (χ3v) is 2.80. The minimum Gasteiger partial charge on any atom is -0.444 e. The molecule has 0 saturated heterocycles. The van der Waals surface area contributed by atoms with Crippen LogP contribution in [0.1, 0.15) is 32.0 Å². The van der Waals surface area contributed by atoms with Crippen LogP contribution in [0.4, 0.5) is 10.5 Å². The van der Waals surface area contributed by atoms with Gasteiger partial charge < -0.3 is 10.1 Å². The monoisotopic (exact) mass is 302 g/mol. The Morgan fingerprint density at radius 3 is 2.50 bits per heavy atom. The summed E-state index contributed by atoms with van der Waals surface area (Å²) in [6, 6.07) is 9.58. The number of hydrogen-bond acceptors (Lipinski definition) is 4. The maximum atomic E-state index is 11.7. The molecule has 6 nitrogen and oxygen atoms in total. The molecule has 0 fully saturated rings. The predicted octanol–water partition coefficient (Wildman–Crippen LogP) is 3.05. The highest BCUT2D eigenvalue weighted by molar-refractivity contribution is 5.84. The largest absolute Gasteiger partial charge is 0.444 e. The predicted molar refractivity (Wildman–Crippen MR) is 85.4 cm³/mol. The molecule has 3 N–H and O–H groups in total. The molecule has 1 aromatic heterocycles. The first-order valence-electron chi connectivity index (χ1n) is 7.20. The summed E-state index contributed by atoms with van der Waals surface area (Å²) in [6.07, 6.45) is 1.28. The number of anilines is 1. The van der Waals surface area contributed by atoms with Gasteiger partial charge in [-0.25, -0.2) is 4.79 Å². The van der Waals surface area contributed by atoms with Crippen LogP contribution in [0, 0.1) is 0 Å². The lowest BCUT2D eigenvalue weighted by molar-refractivity contribution is 0.0636. The fourth-order valence-electron chi connectivity index (χ4n) is 1.85. The van der Waals surface area contributed by atoms with Gasteiger partial charge in [-0.1, -0.05) is 12.1 Å². The van der Waals surface area contributed by atoms with Crippen LogP contribution in [-0.2, 0) is 17.8 Å². The fraction of sp³-hybridized carbons (Fsp3) is 0.375. The van der Waals surface area contributed by atoms with Gasteiger partial charge >= 0.3 is 6.09 Å². The van der Waals surface area contributed by atoms with Crippen LogP contribution in [0.25, 0.3) is 0 Å². The second kappa shape index (κ2) is 7.09. The number of ether oxygens (including phenoxy) is 1. The van der Waals surface area contributed by atoms with E-state index in [1.54, 1.807) is 6.20 Å². The van der Waals surface area contributed by atoms with Crippen molar-refractivity contribution in [2.45, 2.75) is 39.5 Å². The normalized spacial score (nSPS) is 11.2. The van der Waals surface area contributed by atoms with Gasteiger partial charge in [-0.3, -0.25) is 10.4 Å².